The number of rotatable bonds is 7. The van der Waals surface area contributed by atoms with Crippen molar-refractivity contribution in [2.75, 3.05) is 24.6 Å². The van der Waals surface area contributed by atoms with Crippen LogP contribution in [0.25, 0.3) is 0 Å². The van der Waals surface area contributed by atoms with Crippen molar-refractivity contribution in [3.05, 3.63) is 23.8 Å². The van der Waals surface area contributed by atoms with Gasteiger partial charge in [0.25, 0.3) is 0 Å². The molecule has 0 saturated carbocycles. The lowest BCUT2D eigenvalue weighted by Gasteiger charge is -2.36. The first-order valence-electron chi connectivity index (χ1n) is 11.8. The normalized spacial score (nSPS) is 24.0. The van der Waals surface area contributed by atoms with Crippen molar-refractivity contribution >= 4 is 21.6 Å². The molecule has 180 valence electrons. The van der Waals surface area contributed by atoms with Crippen LogP contribution in [0.2, 0.25) is 0 Å². The van der Waals surface area contributed by atoms with Gasteiger partial charge in [-0.3, -0.25) is 4.79 Å². The number of aryl methyl sites for hydroxylation is 1. The molecule has 0 spiro atoms. The van der Waals surface area contributed by atoms with Gasteiger partial charge in [-0.15, -0.1) is 0 Å². The summed E-state index contributed by atoms with van der Waals surface area (Å²) in [5.74, 6) is -0.196. The summed E-state index contributed by atoms with van der Waals surface area (Å²) >= 11 is 0. The van der Waals surface area contributed by atoms with Crippen molar-refractivity contribution in [1.29, 1.82) is 0 Å². The van der Waals surface area contributed by atoms with Crippen LogP contribution < -0.4 is 10.2 Å². The molecule has 8 heteroatoms. The molecule has 1 N–H and O–H groups in total. The molecular weight excluding hydrogens is 426 g/mol. The Balaban J connectivity index is 1.87. The van der Waals surface area contributed by atoms with Gasteiger partial charge in [-0.05, 0) is 84.9 Å². The maximum atomic E-state index is 13.8. The summed E-state index contributed by atoms with van der Waals surface area (Å²) in [5, 5.41) is 3.11. The first kappa shape index (κ1) is 25.0. The van der Waals surface area contributed by atoms with Gasteiger partial charge in [-0.1, -0.05) is 6.07 Å². The van der Waals surface area contributed by atoms with Crippen LogP contribution in [0, 0.1) is 6.92 Å². The zero-order valence-corrected chi connectivity index (χ0v) is 21.2. The second-order valence-corrected chi connectivity index (χ2v) is 11.8. The fraction of sp³-hybridized carbons (Fsp3) is 0.708. The molecule has 2 heterocycles. The SMILES string of the molecule is CCN(c1cc(C)ccc1S(=O)(=O)N1CCC[C@H]1C(=O)N[C@@H]1CCOC(C)(C)C1)C(C)C. The highest BCUT2D eigenvalue weighted by atomic mass is 32.2. The summed E-state index contributed by atoms with van der Waals surface area (Å²) < 4.78 is 34.8. The average molecular weight is 466 g/mol. The van der Waals surface area contributed by atoms with E-state index >= 15 is 0 Å². The fourth-order valence-electron chi connectivity index (χ4n) is 4.95. The van der Waals surface area contributed by atoms with Gasteiger partial charge in [-0.2, -0.15) is 4.31 Å². The minimum Gasteiger partial charge on any atom is -0.375 e. The maximum Gasteiger partial charge on any atom is 0.245 e. The third-order valence-corrected chi connectivity index (χ3v) is 8.48. The molecule has 0 radical (unpaired) electrons. The van der Waals surface area contributed by atoms with E-state index in [1.807, 2.05) is 39.8 Å². The van der Waals surface area contributed by atoms with Crippen LogP contribution in [0.15, 0.2) is 23.1 Å². The number of nitrogens with one attached hydrogen (secondary N) is 1. The molecule has 2 aliphatic rings. The van der Waals surface area contributed by atoms with E-state index in [0.717, 1.165) is 18.4 Å². The summed E-state index contributed by atoms with van der Waals surface area (Å²) in [6.07, 6.45) is 2.69. The predicted octanol–water partition coefficient (Wildman–Crippen LogP) is 3.46. The molecule has 0 aromatic heterocycles. The van der Waals surface area contributed by atoms with E-state index < -0.39 is 16.1 Å². The Morgan fingerprint density at radius 2 is 2.03 bits per heavy atom. The number of anilines is 1. The molecule has 2 atom stereocenters. The van der Waals surface area contributed by atoms with Crippen LogP contribution in [-0.2, 0) is 19.6 Å². The second kappa shape index (κ2) is 9.69. The van der Waals surface area contributed by atoms with Crippen LogP contribution in [0.4, 0.5) is 5.69 Å². The summed E-state index contributed by atoms with van der Waals surface area (Å²) in [7, 11) is -3.83. The Kier molecular flexibility index (Phi) is 7.57. The summed E-state index contributed by atoms with van der Waals surface area (Å²) in [4.78, 5) is 15.6. The number of ether oxygens (including phenoxy) is 1. The molecule has 0 aliphatic carbocycles. The van der Waals surface area contributed by atoms with Gasteiger partial charge in [0.1, 0.15) is 10.9 Å². The highest BCUT2D eigenvalue weighted by Gasteiger charge is 2.42. The number of carbonyl (C=O) groups is 1. The first-order valence-corrected chi connectivity index (χ1v) is 13.2. The molecule has 32 heavy (non-hydrogen) atoms. The lowest BCUT2D eigenvalue weighted by molar-refractivity contribution is -0.127. The lowest BCUT2D eigenvalue weighted by atomic mass is 9.93. The standard InChI is InChI=1S/C24H39N3O4S/c1-7-26(17(2)3)21-15-18(4)10-11-22(21)32(29,30)27-13-8-9-20(27)23(28)25-19-12-14-31-24(5,6)16-19/h10-11,15,17,19-20H,7-9,12-14,16H2,1-6H3,(H,25,28)/t19-,20+/m1/s1. The highest BCUT2D eigenvalue weighted by Crippen LogP contribution is 2.34. The van der Waals surface area contributed by atoms with Crippen LogP contribution in [0.5, 0.6) is 0 Å². The van der Waals surface area contributed by atoms with Gasteiger partial charge in [0.05, 0.1) is 11.3 Å². The topological polar surface area (TPSA) is 79.0 Å². The maximum absolute atomic E-state index is 13.8. The first-order chi connectivity index (χ1) is 15.0. The number of nitrogens with zero attached hydrogens (tertiary/aromatic N) is 2. The minimum absolute atomic E-state index is 0.00265. The van der Waals surface area contributed by atoms with Crippen molar-refractivity contribution in [3.63, 3.8) is 0 Å². The van der Waals surface area contributed by atoms with Crippen molar-refractivity contribution < 1.29 is 17.9 Å². The van der Waals surface area contributed by atoms with Crippen LogP contribution in [-0.4, -0.2) is 62.1 Å². The van der Waals surface area contributed by atoms with Gasteiger partial charge in [0.2, 0.25) is 15.9 Å². The highest BCUT2D eigenvalue weighted by molar-refractivity contribution is 7.89. The second-order valence-electron chi connectivity index (χ2n) is 9.93. The van der Waals surface area contributed by atoms with Gasteiger partial charge in [-0.25, -0.2) is 8.42 Å². The average Bonchev–Trinajstić information content (AvgIpc) is 3.18. The van der Waals surface area contributed by atoms with Gasteiger partial charge in [0.15, 0.2) is 0 Å². The molecule has 2 fully saturated rings. The number of amides is 1. The Hall–Kier alpha value is -1.64. The monoisotopic (exact) mass is 465 g/mol. The molecule has 2 saturated heterocycles. The predicted molar refractivity (Wildman–Crippen MR) is 127 cm³/mol. The van der Waals surface area contributed by atoms with Gasteiger partial charge < -0.3 is 15.0 Å². The molecule has 1 aromatic rings. The Morgan fingerprint density at radius 3 is 2.66 bits per heavy atom. The summed E-state index contributed by atoms with van der Waals surface area (Å²) in [6, 6.07) is 4.95. The van der Waals surface area contributed by atoms with E-state index in [9.17, 15) is 13.2 Å². The van der Waals surface area contributed by atoms with Crippen molar-refractivity contribution in [1.82, 2.24) is 9.62 Å². The summed E-state index contributed by atoms with van der Waals surface area (Å²) in [6.45, 7) is 13.8. The van der Waals surface area contributed by atoms with Crippen LogP contribution in [0.1, 0.15) is 65.9 Å². The lowest BCUT2D eigenvalue weighted by Crippen LogP contribution is -2.52. The van der Waals surface area contributed by atoms with E-state index in [1.165, 1.54) is 4.31 Å². The van der Waals surface area contributed by atoms with E-state index in [0.29, 0.717) is 38.2 Å². The van der Waals surface area contributed by atoms with E-state index in [1.54, 1.807) is 6.07 Å². The van der Waals surface area contributed by atoms with Crippen molar-refractivity contribution in [3.8, 4) is 0 Å². The number of carbonyl (C=O) groups excluding carboxylic acids is 1. The number of hydrogen-bond acceptors (Lipinski definition) is 5. The molecule has 7 nitrogen and oxygen atoms in total. The number of sulfonamides is 1. The molecule has 1 aromatic carbocycles. The smallest absolute Gasteiger partial charge is 0.245 e. The van der Waals surface area contributed by atoms with Gasteiger partial charge >= 0.3 is 0 Å². The van der Waals surface area contributed by atoms with Crippen LogP contribution in [0.3, 0.4) is 0 Å². The fourth-order valence-corrected chi connectivity index (χ4v) is 6.79. The molecule has 2 aliphatic heterocycles. The summed E-state index contributed by atoms with van der Waals surface area (Å²) in [5.41, 5.74) is 1.44. The van der Waals surface area contributed by atoms with Crippen molar-refractivity contribution in [2.24, 2.45) is 0 Å². The van der Waals surface area contributed by atoms with E-state index in [2.05, 4.69) is 24.1 Å². The molecule has 0 bridgehead atoms. The third kappa shape index (κ3) is 5.29. The Bertz CT molecular complexity index is 929. The Labute approximate surface area is 193 Å². The molecule has 3 rings (SSSR count). The van der Waals surface area contributed by atoms with Crippen LogP contribution >= 0.6 is 0 Å². The molecule has 0 unspecified atom stereocenters. The minimum atomic E-state index is -3.83. The third-order valence-electron chi connectivity index (χ3n) is 6.52. The zero-order chi connectivity index (χ0) is 23.7. The largest absolute Gasteiger partial charge is 0.375 e. The molecular formula is C24H39N3O4S. The zero-order valence-electron chi connectivity index (χ0n) is 20.3. The van der Waals surface area contributed by atoms with Crippen molar-refractivity contribution in [2.45, 2.75) is 95.8 Å². The number of benzene rings is 1. The molecule has 1 amide bonds. The van der Waals surface area contributed by atoms with E-state index in [-0.39, 0.29) is 28.5 Å². The van der Waals surface area contributed by atoms with E-state index in [4.69, 9.17) is 4.74 Å². The Morgan fingerprint density at radius 1 is 1.31 bits per heavy atom. The number of hydrogen-bond donors (Lipinski definition) is 1. The quantitative estimate of drug-likeness (QED) is 0.667. The van der Waals surface area contributed by atoms with Gasteiger partial charge in [0, 0.05) is 31.8 Å².